The Bertz CT molecular complexity index is 371. The van der Waals surface area contributed by atoms with Crippen LogP contribution in [0.3, 0.4) is 0 Å². The highest BCUT2D eigenvalue weighted by atomic mass is 16.4. The molecule has 5 nitrogen and oxygen atoms in total. The number of amides is 1. The Kier molecular flexibility index (Phi) is 4.57. The van der Waals surface area contributed by atoms with Crippen LogP contribution < -0.4 is 5.32 Å². The van der Waals surface area contributed by atoms with Crippen molar-refractivity contribution in [2.45, 2.75) is 19.3 Å². The third kappa shape index (κ3) is 3.76. The predicted octanol–water partition coefficient (Wildman–Crippen LogP) is 1.01. The molecule has 0 saturated heterocycles. The molecule has 16 heavy (non-hydrogen) atoms. The SMILES string of the molecule is Cn1cccc1C(=O)NCCCCC(=O)O. The van der Waals surface area contributed by atoms with Gasteiger partial charge in [0.2, 0.25) is 0 Å². The number of carbonyl (C=O) groups is 2. The van der Waals surface area contributed by atoms with Crippen LogP contribution in [0.25, 0.3) is 0 Å². The first-order chi connectivity index (χ1) is 7.61. The van der Waals surface area contributed by atoms with Crippen molar-refractivity contribution in [3.8, 4) is 0 Å². The minimum absolute atomic E-state index is 0.122. The van der Waals surface area contributed by atoms with Gasteiger partial charge in [0.05, 0.1) is 0 Å². The summed E-state index contributed by atoms with van der Waals surface area (Å²) >= 11 is 0. The molecular formula is C11H16N2O3. The largest absolute Gasteiger partial charge is 0.481 e. The van der Waals surface area contributed by atoms with Gasteiger partial charge in [0.25, 0.3) is 5.91 Å². The number of carboxylic acids is 1. The highest BCUT2D eigenvalue weighted by molar-refractivity contribution is 5.92. The average Bonchev–Trinajstić information content (AvgIpc) is 2.63. The number of hydrogen-bond acceptors (Lipinski definition) is 2. The van der Waals surface area contributed by atoms with Crippen molar-refractivity contribution in [1.29, 1.82) is 0 Å². The normalized spacial score (nSPS) is 10.1. The van der Waals surface area contributed by atoms with Crippen molar-refractivity contribution in [3.63, 3.8) is 0 Å². The van der Waals surface area contributed by atoms with Crippen LogP contribution in [0.1, 0.15) is 29.8 Å². The fraction of sp³-hybridized carbons (Fsp3) is 0.455. The summed E-state index contributed by atoms with van der Waals surface area (Å²) in [6.45, 7) is 0.511. The molecule has 0 bridgehead atoms. The molecule has 1 aromatic heterocycles. The molecule has 0 aliphatic carbocycles. The smallest absolute Gasteiger partial charge is 0.303 e. The van der Waals surface area contributed by atoms with Crippen molar-refractivity contribution in [3.05, 3.63) is 24.0 Å². The summed E-state index contributed by atoms with van der Waals surface area (Å²) in [4.78, 5) is 21.8. The summed E-state index contributed by atoms with van der Waals surface area (Å²) in [6.07, 6.45) is 3.23. The molecule has 5 heteroatoms. The average molecular weight is 224 g/mol. The number of nitrogens with one attached hydrogen (secondary N) is 1. The Balaban J connectivity index is 2.21. The fourth-order valence-electron chi connectivity index (χ4n) is 1.39. The number of aliphatic carboxylic acids is 1. The van der Waals surface area contributed by atoms with E-state index in [1.165, 1.54) is 0 Å². The van der Waals surface area contributed by atoms with Crippen LogP contribution in [0, 0.1) is 0 Å². The van der Waals surface area contributed by atoms with Gasteiger partial charge in [0.1, 0.15) is 5.69 Å². The molecule has 0 fully saturated rings. The molecule has 2 N–H and O–H groups in total. The van der Waals surface area contributed by atoms with Crippen LogP contribution in [0.5, 0.6) is 0 Å². The van der Waals surface area contributed by atoms with Gasteiger partial charge < -0.3 is 15.0 Å². The number of rotatable bonds is 6. The zero-order valence-electron chi connectivity index (χ0n) is 9.27. The zero-order chi connectivity index (χ0) is 12.0. The van der Waals surface area contributed by atoms with Crippen LogP contribution in [-0.4, -0.2) is 28.1 Å². The minimum Gasteiger partial charge on any atom is -0.481 e. The Labute approximate surface area is 94.1 Å². The van der Waals surface area contributed by atoms with Crippen LogP contribution in [0.2, 0.25) is 0 Å². The van der Waals surface area contributed by atoms with Gasteiger partial charge in [-0.15, -0.1) is 0 Å². The van der Waals surface area contributed by atoms with Crippen LogP contribution in [0.4, 0.5) is 0 Å². The second-order valence-electron chi connectivity index (χ2n) is 3.61. The molecule has 0 unspecified atom stereocenters. The molecule has 1 aromatic rings. The van der Waals surface area contributed by atoms with Gasteiger partial charge in [-0.3, -0.25) is 9.59 Å². The van der Waals surface area contributed by atoms with Crippen LogP contribution in [0.15, 0.2) is 18.3 Å². The molecule has 0 spiro atoms. The molecular weight excluding hydrogens is 208 g/mol. The van der Waals surface area contributed by atoms with Gasteiger partial charge in [-0.1, -0.05) is 0 Å². The van der Waals surface area contributed by atoms with E-state index in [0.29, 0.717) is 25.1 Å². The zero-order valence-corrected chi connectivity index (χ0v) is 9.27. The summed E-state index contributed by atoms with van der Waals surface area (Å²) in [7, 11) is 1.80. The summed E-state index contributed by atoms with van der Waals surface area (Å²) in [5.41, 5.74) is 0.609. The molecule has 0 aliphatic rings. The summed E-state index contributed by atoms with van der Waals surface area (Å²) < 4.78 is 1.74. The number of aromatic nitrogens is 1. The van der Waals surface area contributed by atoms with E-state index in [4.69, 9.17) is 5.11 Å². The second kappa shape index (κ2) is 5.95. The van der Waals surface area contributed by atoms with Gasteiger partial charge in [0.15, 0.2) is 0 Å². The maximum absolute atomic E-state index is 11.6. The molecule has 0 saturated carbocycles. The first-order valence-electron chi connectivity index (χ1n) is 5.22. The maximum Gasteiger partial charge on any atom is 0.303 e. The fourth-order valence-corrected chi connectivity index (χ4v) is 1.39. The van der Waals surface area contributed by atoms with E-state index in [1.807, 2.05) is 0 Å². The van der Waals surface area contributed by atoms with E-state index in [2.05, 4.69) is 5.32 Å². The quantitative estimate of drug-likeness (QED) is 0.708. The summed E-state index contributed by atoms with van der Waals surface area (Å²) in [5, 5.41) is 11.2. The number of carboxylic acid groups (broad SMARTS) is 1. The van der Waals surface area contributed by atoms with E-state index in [1.54, 1.807) is 29.9 Å². The van der Waals surface area contributed by atoms with Crippen molar-refractivity contribution >= 4 is 11.9 Å². The van der Waals surface area contributed by atoms with E-state index in [0.717, 1.165) is 0 Å². The van der Waals surface area contributed by atoms with Gasteiger partial charge in [-0.05, 0) is 25.0 Å². The molecule has 1 rings (SSSR count). The Morgan fingerprint density at radius 2 is 2.19 bits per heavy atom. The van der Waals surface area contributed by atoms with E-state index in [9.17, 15) is 9.59 Å². The van der Waals surface area contributed by atoms with Gasteiger partial charge >= 0.3 is 5.97 Å². The summed E-state index contributed by atoms with van der Waals surface area (Å²) in [6, 6.07) is 3.55. The molecule has 0 aliphatic heterocycles. The minimum atomic E-state index is -0.797. The van der Waals surface area contributed by atoms with Crippen molar-refractivity contribution in [2.24, 2.45) is 7.05 Å². The number of unbranched alkanes of at least 4 members (excludes halogenated alkanes) is 1. The summed E-state index contributed by atoms with van der Waals surface area (Å²) in [5.74, 6) is -0.920. The molecule has 0 aromatic carbocycles. The van der Waals surface area contributed by atoms with E-state index >= 15 is 0 Å². The lowest BCUT2D eigenvalue weighted by atomic mass is 10.2. The predicted molar refractivity (Wildman–Crippen MR) is 59.2 cm³/mol. The number of nitrogens with zero attached hydrogens (tertiary/aromatic N) is 1. The first-order valence-corrected chi connectivity index (χ1v) is 5.22. The Morgan fingerprint density at radius 1 is 1.44 bits per heavy atom. The van der Waals surface area contributed by atoms with Gasteiger partial charge in [-0.25, -0.2) is 0 Å². The standard InChI is InChI=1S/C11H16N2O3/c1-13-8-4-5-9(13)11(16)12-7-3-2-6-10(14)15/h4-5,8H,2-3,6-7H2,1H3,(H,12,16)(H,14,15). The highest BCUT2D eigenvalue weighted by Crippen LogP contribution is 1.99. The molecule has 1 heterocycles. The lowest BCUT2D eigenvalue weighted by molar-refractivity contribution is -0.137. The Hall–Kier alpha value is -1.78. The van der Waals surface area contributed by atoms with Crippen molar-refractivity contribution < 1.29 is 14.7 Å². The van der Waals surface area contributed by atoms with E-state index in [-0.39, 0.29) is 12.3 Å². The van der Waals surface area contributed by atoms with Crippen molar-refractivity contribution in [1.82, 2.24) is 9.88 Å². The second-order valence-corrected chi connectivity index (χ2v) is 3.61. The van der Waals surface area contributed by atoms with Crippen LogP contribution >= 0.6 is 0 Å². The number of hydrogen-bond donors (Lipinski definition) is 2. The third-order valence-corrected chi connectivity index (χ3v) is 2.28. The monoisotopic (exact) mass is 224 g/mol. The third-order valence-electron chi connectivity index (χ3n) is 2.28. The topological polar surface area (TPSA) is 71.3 Å². The molecule has 0 atom stereocenters. The van der Waals surface area contributed by atoms with E-state index < -0.39 is 5.97 Å². The highest BCUT2D eigenvalue weighted by Gasteiger charge is 2.07. The lowest BCUT2D eigenvalue weighted by Gasteiger charge is -2.05. The number of aryl methyl sites for hydroxylation is 1. The molecule has 0 radical (unpaired) electrons. The lowest BCUT2D eigenvalue weighted by Crippen LogP contribution is -2.26. The first kappa shape index (κ1) is 12.3. The Morgan fingerprint density at radius 3 is 2.75 bits per heavy atom. The maximum atomic E-state index is 11.6. The van der Waals surface area contributed by atoms with Gasteiger partial charge in [0, 0.05) is 26.2 Å². The van der Waals surface area contributed by atoms with Crippen LogP contribution in [-0.2, 0) is 11.8 Å². The van der Waals surface area contributed by atoms with Crippen molar-refractivity contribution in [2.75, 3.05) is 6.54 Å². The molecule has 88 valence electrons. The van der Waals surface area contributed by atoms with Gasteiger partial charge in [-0.2, -0.15) is 0 Å². The number of carbonyl (C=O) groups excluding carboxylic acids is 1. The molecule has 1 amide bonds.